The van der Waals surface area contributed by atoms with E-state index in [2.05, 4.69) is 15.8 Å². The highest BCUT2D eigenvalue weighted by Crippen LogP contribution is 2.28. The van der Waals surface area contributed by atoms with Gasteiger partial charge in [-0.25, -0.2) is 5.43 Å². The van der Waals surface area contributed by atoms with Gasteiger partial charge in [0.25, 0.3) is 5.91 Å². The zero-order chi connectivity index (χ0) is 24.3. The van der Waals surface area contributed by atoms with E-state index in [1.165, 1.54) is 6.21 Å². The third-order valence-corrected chi connectivity index (χ3v) is 4.89. The molecule has 0 saturated heterocycles. The lowest BCUT2D eigenvalue weighted by molar-refractivity contribution is -0.121. The number of rotatable bonds is 10. The van der Waals surface area contributed by atoms with E-state index in [0.717, 1.165) is 11.1 Å². The number of nitrogens with zero attached hydrogens (tertiary/aromatic N) is 1. The van der Waals surface area contributed by atoms with Crippen LogP contribution in [-0.2, 0) is 4.79 Å². The first-order valence-electron chi connectivity index (χ1n) is 11.0. The molecule has 0 heterocycles. The van der Waals surface area contributed by atoms with Gasteiger partial charge in [0, 0.05) is 5.56 Å². The Morgan fingerprint density at radius 1 is 0.941 bits per heavy atom. The van der Waals surface area contributed by atoms with E-state index in [0.29, 0.717) is 17.1 Å². The molecule has 0 saturated carbocycles. The van der Waals surface area contributed by atoms with Crippen molar-refractivity contribution in [1.29, 1.82) is 0 Å². The van der Waals surface area contributed by atoms with Gasteiger partial charge in [0.2, 0.25) is 5.91 Å². The first-order valence-corrected chi connectivity index (χ1v) is 11.0. The number of amides is 2. The monoisotopic (exact) mass is 459 g/mol. The van der Waals surface area contributed by atoms with Crippen LogP contribution in [0.15, 0.2) is 84.0 Å². The summed E-state index contributed by atoms with van der Waals surface area (Å²) in [4.78, 5) is 25.3. The molecule has 3 rings (SSSR count). The van der Waals surface area contributed by atoms with E-state index >= 15 is 0 Å². The summed E-state index contributed by atoms with van der Waals surface area (Å²) in [5.74, 6) is 0.641. The minimum atomic E-state index is -0.503. The molecule has 0 spiro atoms. The highest BCUT2D eigenvalue weighted by molar-refractivity contribution is 5.94. The van der Waals surface area contributed by atoms with Gasteiger partial charge in [-0.1, -0.05) is 48.5 Å². The highest BCUT2D eigenvalue weighted by Gasteiger charge is 2.19. The van der Waals surface area contributed by atoms with Gasteiger partial charge < -0.3 is 14.8 Å². The number of ether oxygens (including phenoxy) is 2. The third kappa shape index (κ3) is 7.20. The van der Waals surface area contributed by atoms with E-state index in [9.17, 15) is 9.59 Å². The van der Waals surface area contributed by atoms with Crippen LogP contribution in [0.4, 0.5) is 0 Å². The standard InChI is InChI=1S/C27H29N3O4/c1-19(2)34-24-15-14-20(16-25(24)33-3)18-28-30-26(31)17-23(21-10-6-4-7-11-21)29-27(32)22-12-8-5-9-13-22/h4-16,18-19,23H,17H2,1-3H3,(H,29,32)(H,30,31)/b28-18-/t23-/m0/s1. The molecule has 0 aliphatic heterocycles. The van der Waals surface area contributed by atoms with Gasteiger partial charge >= 0.3 is 0 Å². The number of carbonyl (C=O) groups is 2. The number of hydrogen-bond donors (Lipinski definition) is 2. The Labute approximate surface area is 199 Å². The molecular weight excluding hydrogens is 430 g/mol. The maximum absolute atomic E-state index is 12.7. The fourth-order valence-corrected chi connectivity index (χ4v) is 3.29. The van der Waals surface area contributed by atoms with E-state index in [4.69, 9.17) is 9.47 Å². The van der Waals surface area contributed by atoms with Crippen molar-refractivity contribution in [3.63, 3.8) is 0 Å². The second kappa shape index (κ2) is 12.2. The van der Waals surface area contributed by atoms with Crippen molar-refractivity contribution in [1.82, 2.24) is 10.7 Å². The Bertz CT molecular complexity index is 1120. The van der Waals surface area contributed by atoms with E-state index < -0.39 is 6.04 Å². The lowest BCUT2D eigenvalue weighted by Gasteiger charge is -2.18. The Balaban J connectivity index is 1.65. The Morgan fingerprint density at radius 3 is 2.26 bits per heavy atom. The van der Waals surface area contributed by atoms with Gasteiger partial charge in [-0.05, 0) is 55.3 Å². The van der Waals surface area contributed by atoms with Crippen LogP contribution in [0.25, 0.3) is 0 Å². The van der Waals surface area contributed by atoms with Crippen molar-refractivity contribution in [3.8, 4) is 11.5 Å². The van der Waals surface area contributed by atoms with Crippen LogP contribution >= 0.6 is 0 Å². The van der Waals surface area contributed by atoms with Gasteiger partial charge in [-0.15, -0.1) is 0 Å². The first-order chi connectivity index (χ1) is 16.5. The predicted octanol–water partition coefficient (Wildman–Crippen LogP) is 4.49. The van der Waals surface area contributed by atoms with Crippen molar-refractivity contribution >= 4 is 18.0 Å². The topological polar surface area (TPSA) is 89.0 Å². The van der Waals surface area contributed by atoms with E-state index in [1.807, 2.05) is 56.3 Å². The zero-order valence-corrected chi connectivity index (χ0v) is 19.5. The normalized spacial score (nSPS) is 11.8. The summed E-state index contributed by atoms with van der Waals surface area (Å²) < 4.78 is 11.1. The maximum Gasteiger partial charge on any atom is 0.251 e. The van der Waals surface area contributed by atoms with Gasteiger partial charge in [0.1, 0.15) is 0 Å². The number of hydrazone groups is 1. The predicted molar refractivity (Wildman–Crippen MR) is 132 cm³/mol. The quantitative estimate of drug-likeness (QED) is 0.345. The lowest BCUT2D eigenvalue weighted by Crippen LogP contribution is -2.32. The molecule has 2 N–H and O–H groups in total. The van der Waals surface area contributed by atoms with Crippen molar-refractivity contribution in [2.24, 2.45) is 5.10 Å². The summed E-state index contributed by atoms with van der Waals surface area (Å²) in [6.45, 7) is 3.88. The molecule has 2 amide bonds. The summed E-state index contributed by atoms with van der Waals surface area (Å²) in [5, 5.41) is 7.00. The summed E-state index contributed by atoms with van der Waals surface area (Å²) >= 11 is 0. The van der Waals surface area contributed by atoms with Crippen molar-refractivity contribution in [3.05, 3.63) is 95.6 Å². The van der Waals surface area contributed by atoms with Crippen LogP contribution in [0.2, 0.25) is 0 Å². The van der Waals surface area contributed by atoms with Crippen molar-refractivity contribution in [2.75, 3.05) is 7.11 Å². The molecule has 0 unspecified atom stereocenters. The molecule has 3 aromatic carbocycles. The Morgan fingerprint density at radius 2 is 1.62 bits per heavy atom. The summed E-state index contributed by atoms with van der Waals surface area (Å²) in [6, 6.07) is 23.2. The average Bonchev–Trinajstić information content (AvgIpc) is 2.85. The van der Waals surface area contributed by atoms with Gasteiger partial charge in [0.15, 0.2) is 11.5 Å². The van der Waals surface area contributed by atoms with Gasteiger partial charge in [0.05, 0.1) is 31.9 Å². The fraction of sp³-hybridized carbons (Fsp3) is 0.222. The molecule has 7 heteroatoms. The van der Waals surface area contributed by atoms with Crippen LogP contribution in [0.1, 0.15) is 47.8 Å². The molecule has 0 aliphatic rings. The minimum Gasteiger partial charge on any atom is -0.493 e. The zero-order valence-electron chi connectivity index (χ0n) is 19.5. The molecule has 0 aromatic heterocycles. The van der Waals surface area contributed by atoms with Crippen LogP contribution in [-0.4, -0.2) is 31.2 Å². The minimum absolute atomic E-state index is 0.0210. The molecule has 3 aromatic rings. The first kappa shape index (κ1) is 24.5. The van der Waals surface area contributed by atoms with Crippen LogP contribution < -0.4 is 20.2 Å². The van der Waals surface area contributed by atoms with Gasteiger partial charge in [-0.2, -0.15) is 5.10 Å². The molecule has 0 fully saturated rings. The number of hydrogen-bond acceptors (Lipinski definition) is 5. The molecular formula is C27H29N3O4. The average molecular weight is 460 g/mol. The summed E-state index contributed by atoms with van der Waals surface area (Å²) in [5.41, 5.74) is 4.64. The smallest absolute Gasteiger partial charge is 0.251 e. The molecule has 34 heavy (non-hydrogen) atoms. The number of methoxy groups -OCH3 is 1. The highest BCUT2D eigenvalue weighted by atomic mass is 16.5. The molecule has 0 radical (unpaired) electrons. The molecule has 7 nitrogen and oxygen atoms in total. The van der Waals surface area contributed by atoms with Crippen LogP contribution in [0.5, 0.6) is 11.5 Å². The maximum atomic E-state index is 12.7. The lowest BCUT2D eigenvalue weighted by atomic mass is 10.0. The molecule has 0 bridgehead atoms. The Kier molecular flexibility index (Phi) is 8.80. The SMILES string of the molecule is COc1cc(/C=N\NC(=O)C[C@H](NC(=O)c2ccccc2)c2ccccc2)ccc1OC(C)C. The van der Waals surface area contributed by atoms with E-state index in [-0.39, 0.29) is 24.3 Å². The number of benzene rings is 3. The van der Waals surface area contributed by atoms with Crippen molar-refractivity contribution in [2.45, 2.75) is 32.4 Å². The van der Waals surface area contributed by atoms with Crippen molar-refractivity contribution < 1.29 is 19.1 Å². The second-order valence-electron chi connectivity index (χ2n) is 7.88. The molecule has 0 aliphatic carbocycles. The number of nitrogens with one attached hydrogen (secondary N) is 2. The summed E-state index contributed by atoms with van der Waals surface area (Å²) in [7, 11) is 1.57. The largest absolute Gasteiger partial charge is 0.493 e. The second-order valence-corrected chi connectivity index (χ2v) is 7.88. The van der Waals surface area contributed by atoms with Crippen LogP contribution in [0.3, 0.4) is 0 Å². The molecule has 176 valence electrons. The van der Waals surface area contributed by atoms with E-state index in [1.54, 1.807) is 43.5 Å². The fourth-order valence-electron chi connectivity index (χ4n) is 3.29. The van der Waals surface area contributed by atoms with Crippen LogP contribution in [0, 0.1) is 0 Å². The third-order valence-electron chi connectivity index (χ3n) is 4.89. The van der Waals surface area contributed by atoms with Gasteiger partial charge in [-0.3, -0.25) is 9.59 Å². The number of carbonyl (C=O) groups excluding carboxylic acids is 2. The Hall–Kier alpha value is -4.13. The summed E-state index contributed by atoms with van der Waals surface area (Å²) in [6.07, 6.45) is 1.58. The molecule has 1 atom stereocenters.